The van der Waals surface area contributed by atoms with E-state index in [1.807, 2.05) is 17.0 Å². The van der Waals surface area contributed by atoms with E-state index in [1.165, 1.54) is 11.1 Å². The first-order chi connectivity index (χ1) is 9.17. The average molecular weight is 258 g/mol. The molecule has 1 atom stereocenters. The van der Waals surface area contributed by atoms with Crippen molar-refractivity contribution in [3.63, 3.8) is 0 Å². The van der Waals surface area contributed by atoms with Crippen molar-refractivity contribution >= 4 is 5.91 Å². The number of likely N-dealkylation sites (tertiary alicyclic amines) is 1. The molecule has 1 heterocycles. The summed E-state index contributed by atoms with van der Waals surface area (Å²) in [5.41, 5.74) is 7.98. The normalized spacial score (nSPS) is 24.5. The highest BCUT2D eigenvalue weighted by Gasteiger charge is 2.54. The summed E-state index contributed by atoms with van der Waals surface area (Å²) in [6, 6.07) is 8.31. The lowest BCUT2D eigenvalue weighted by atomic mass is 9.90. The molecule has 0 unspecified atom stereocenters. The van der Waals surface area contributed by atoms with Gasteiger partial charge in [-0.25, -0.2) is 0 Å². The Labute approximate surface area is 114 Å². The van der Waals surface area contributed by atoms with E-state index in [-0.39, 0.29) is 5.41 Å². The maximum Gasteiger partial charge on any atom is 0.233 e. The summed E-state index contributed by atoms with van der Waals surface area (Å²) in [6.45, 7) is 4.54. The van der Waals surface area contributed by atoms with Crippen LogP contribution in [0, 0.1) is 12.8 Å². The molecule has 1 saturated carbocycles. The molecule has 0 radical (unpaired) electrons. The number of amides is 1. The summed E-state index contributed by atoms with van der Waals surface area (Å²) < 4.78 is 0. The topological polar surface area (TPSA) is 46.3 Å². The van der Waals surface area contributed by atoms with E-state index < -0.39 is 0 Å². The molecule has 0 aromatic heterocycles. The molecular formula is C16H22N2O. The van der Waals surface area contributed by atoms with Gasteiger partial charge in [-0.2, -0.15) is 0 Å². The highest BCUT2D eigenvalue weighted by Crippen LogP contribution is 2.51. The molecule has 2 N–H and O–H groups in total. The van der Waals surface area contributed by atoms with Crippen LogP contribution in [0.2, 0.25) is 0 Å². The van der Waals surface area contributed by atoms with Crippen LogP contribution in [0.1, 0.15) is 30.4 Å². The van der Waals surface area contributed by atoms with E-state index in [0.717, 1.165) is 32.4 Å². The van der Waals surface area contributed by atoms with E-state index in [2.05, 4.69) is 19.1 Å². The van der Waals surface area contributed by atoms with Crippen LogP contribution in [0.3, 0.4) is 0 Å². The second kappa shape index (κ2) is 4.64. The quantitative estimate of drug-likeness (QED) is 0.899. The predicted octanol–water partition coefficient (Wildman–Crippen LogP) is 1.83. The van der Waals surface area contributed by atoms with Gasteiger partial charge in [-0.15, -0.1) is 0 Å². The van der Waals surface area contributed by atoms with Crippen LogP contribution in [0.15, 0.2) is 24.3 Å². The first-order valence-electron chi connectivity index (χ1n) is 7.23. The molecule has 0 spiro atoms. The molecule has 1 aliphatic carbocycles. The number of benzene rings is 1. The zero-order valence-corrected chi connectivity index (χ0v) is 11.6. The molecule has 102 valence electrons. The Morgan fingerprint density at radius 2 is 2.16 bits per heavy atom. The van der Waals surface area contributed by atoms with Gasteiger partial charge in [0.1, 0.15) is 0 Å². The summed E-state index contributed by atoms with van der Waals surface area (Å²) in [4.78, 5) is 14.9. The van der Waals surface area contributed by atoms with Crippen molar-refractivity contribution in [2.75, 3.05) is 19.6 Å². The van der Waals surface area contributed by atoms with Gasteiger partial charge in [-0.1, -0.05) is 24.3 Å². The molecular weight excluding hydrogens is 236 g/mol. The number of hydrogen-bond acceptors (Lipinski definition) is 2. The third kappa shape index (κ3) is 2.06. The summed E-state index contributed by atoms with van der Waals surface area (Å²) in [5.74, 6) is 0.828. The zero-order chi connectivity index (χ0) is 13.5. The van der Waals surface area contributed by atoms with Crippen LogP contribution in [0.25, 0.3) is 0 Å². The van der Waals surface area contributed by atoms with E-state index in [4.69, 9.17) is 5.73 Å². The number of nitrogens with two attached hydrogens (primary N) is 1. The van der Waals surface area contributed by atoms with Gasteiger partial charge in [0.15, 0.2) is 0 Å². The first kappa shape index (κ1) is 12.7. The molecule has 2 aliphatic rings. The first-order valence-corrected chi connectivity index (χ1v) is 7.23. The lowest BCUT2D eigenvalue weighted by Crippen LogP contribution is -2.38. The van der Waals surface area contributed by atoms with Gasteiger partial charge in [0.25, 0.3) is 0 Å². The lowest BCUT2D eigenvalue weighted by molar-refractivity contribution is -0.133. The Kier molecular flexibility index (Phi) is 3.09. The fourth-order valence-corrected chi connectivity index (χ4v) is 3.35. The van der Waals surface area contributed by atoms with Crippen molar-refractivity contribution in [2.45, 2.75) is 31.6 Å². The van der Waals surface area contributed by atoms with Crippen LogP contribution in [-0.2, 0) is 10.2 Å². The van der Waals surface area contributed by atoms with Gasteiger partial charge in [-0.05, 0) is 49.8 Å². The largest absolute Gasteiger partial charge is 0.342 e. The van der Waals surface area contributed by atoms with Gasteiger partial charge < -0.3 is 10.6 Å². The fourth-order valence-electron chi connectivity index (χ4n) is 3.35. The summed E-state index contributed by atoms with van der Waals surface area (Å²) in [5, 5.41) is 0. The molecule has 3 rings (SSSR count). The van der Waals surface area contributed by atoms with Gasteiger partial charge in [0, 0.05) is 13.1 Å². The summed E-state index contributed by atoms with van der Waals surface area (Å²) in [7, 11) is 0. The Morgan fingerprint density at radius 3 is 2.74 bits per heavy atom. The van der Waals surface area contributed by atoms with Gasteiger partial charge >= 0.3 is 0 Å². The standard InChI is InChI=1S/C16H22N2O/c1-12-4-2-3-5-14(12)16(7-8-16)15(19)18-9-6-13(10-17)11-18/h2-5,13H,6-11,17H2,1H3/t13-/m1/s1. The third-order valence-corrected chi connectivity index (χ3v) is 4.73. The Morgan fingerprint density at radius 1 is 1.42 bits per heavy atom. The van der Waals surface area contributed by atoms with E-state index >= 15 is 0 Å². The molecule has 2 fully saturated rings. The number of carbonyl (C=O) groups excluding carboxylic acids is 1. The minimum atomic E-state index is -0.213. The van der Waals surface area contributed by atoms with Crippen LogP contribution in [-0.4, -0.2) is 30.4 Å². The van der Waals surface area contributed by atoms with Gasteiger partial charge in [-0.3, -0.25) is 4.79 Å². The van der Waals surface area contributed by atoms with Crippen LogP contribution in [0.4, 0.5) is 0 Å². The Hall–Kier alpha value is -1.35. The molecule has 1 aromatic carbocycles. The smallest absolute Gasteiger partial charge is 0.233 e. The number of carbonyl (C=O) groups is 1. The minimum absolute atomic E-state index is 0.213. The summed E-state index contributed by atoms with van der Waals surface area (Å²) in [6.07, 6.45) is 3.06. The molecule has 3 heteroatoms. The second-order valence-electron chi connectivity index (χ2n) is 6.04. The maximum atomic E-state index is 12.8. The number of hydrogen-bond donors (Lipinski definition) is 1. The van der Waals surface area contributed by atoms with Gasteiger partial charge in [0.2, 0.25) is 5.91 Å². The maximum absolute atomic E-state index is 12.8. The molecule has 3 nitrogen and oxygen atoms in total. The van der Waals surface area contributed by atoms with Crippen molar-refractivity contribution in [2.24, 2.45) is 11.7 Å². The minimum Gasteiger partial charge on any atom is -0.342 e. The monoisotopic (exact) mass is 258 g/mol. The zero-order valence-electron chi connectivity index (χ0n) is 11.6. The van der Waals surface area contributed by atoms with E-state index in [9.17, 15) is 4.79 Å². The number of rotatable bonds is 3. The van der Waals surface area contributed by atoms with E-state index in [1.54, 1.807) is 0 Å². The predicted molar refractivity (Wildman–Crippen MR) is 75.8 cm³/mol. The highest BCUT2D eigenvalue weighted by molar-refractivity contribution is 5.92. The Balaban J connectivity index is 1.82. The third-order valence-electron chi connectivity index (χ3n) is 4.73. The van der Waals surface area contributed by atoms with Crippen LogP contribution < -0.4 is 5.73 Å². The van der Waals surface area contributed by atoms with Crippen molar-refractivity contribution < 1.29 is 4.79 Å². The fraction of sp³-hybridized carbons (Fsp3) is 0.562. The van der Waals surface area contributed by atoms with Crippen molar-refractivity contribution in [3.8, 4) is 0 Å². The molecule has 1 aromatic rings. The molecule has 1 aliphatic heterocycles. The number of nitrogens with zero attached hydrogens (tertiary/aromatic N) is 1. The van der Waals surface area contributed by atoms with Crippen molar-refractivity contribution in [1.29, 1.82) is 0 Å². The Bertz CT molecular complexity index is 493. The van der Waals surface area contributed by atoms with Gasteiger partial charge in [0.05, 0.1) is 5.41 Å². The number of aryl methyl sites for hydroxylation is 1. The average Bonchev–Trinajstić information content (AvgIpc) is 3.09. The molecule has 1 saturated heterocycles. The van der Waals surface area contributed by atoms with Crippen molar-refractivity contribution in [1.82, 2.24) is 4.90 Å². The molecule has 1 amide bonds. The van der Waals surface area contributed by atoms with Crippen LogP contribution >= 0.6 is 0 Å². The molecule has 19 heavy (non-hydrogen) atoms. The summed E-state index contributed by atoms with van der Waals surface area (Å²) >= 11 is 0. The van der Waals surface area contributed by atoms with E-state index in [0.29, 0.717) is 18.4 Å². The SMILES string of the molecule is Cc1ccccc1C1(C(=O)N2CC[C@H](CN)C2)CC1. The van der Waals surface area contributed by atoms with Crippen molar-refractivity contribution in [3.05, 3.63) is 35.4 Å². The highest BCUT2D eigenvalue weighted by atomic mass is 16.2. The lowest BCUT2D eigenvalue weighted by Gasteiger charge is -2.24. The second-order valence-corrected chi connectivity index (χ2v) is 6.04. The molecule has 0 bridgehead atoms. The van der Waals surface area contributed by atoms with Crippen LogP contribution in [0.5, 0.6) is 0 Å².